The zero-order chi connectivity index (χ0) is 15.0. The first-order chi connectivity index (χ1) is 9.67. The normalized spacial score (nSPS) is 10.9. The van der Waals surface area contributed by atoms with Crippen LogP contribution in [-0.2, 0) is 0 Å². The van der Waals surface area contributed by atoms with Crippen LogP contribution in [0.15, 0.2) is 6.20 Å². The van der Waals surface area contributed by atoms with Crippen molar-refractivity contribution in [2.45, 2.75) is 46.1 Å². The SMILES string of the molecule is CCCNc1ncc(F)c(N(CCO)C(CC)CC)n1. The smallest absolute Gasteiger partial charge is 0.224 e. The third-order valence-corrected chi connectivity index (χ3v) is 3.25. The molecule has 1 aromatic heterocycles. The molecule has 0 aromatic carbocycles. The van der Waals surface area contributed by atoms with Gasteiger partial charge in [0.25, 0.3) is 0 Å². The van der Waals surface area contributed by atoms with Crippen molar-refractivity contribution in [1.29, 1.82) is 0 Å². The van der Waals surface area contributed by atoms with Crippen molar-refractivity contribution in [3.63, 3.8) is 0 Å². The Hall–Kier alpha value is -1.43. The number of aromatic nitrogens is 2. The molecular formula is C14H25FN4O. The van der Waals surface area contributed by atoms with E-state index in [1.807, 2.05) is 25.7 Å². The maximum absolute atomic E-state index is 14.0. The molecule has 1 rings (SSSR count). The third kappa shape index (κ3) is 4.30. The minimum absolute atomic E-state index is 0.0301. The lowest BCUT2D eigenvalue weighted by atomic mass is 10.1. The molecule has 0 aliphatic heterocycles. The number of aliphatic hydroxyl groups is 1. The van der Waals surface area contributed by atoms with Crippen molar-refractivity contribution in [3.8, 4) is 0 Å². The van der Waals surface area contributed by atoms with Gasteiger partial charge in [-0.25, -0.2) is 9.37 Å². The standard InChI is InChI=1S/C14H25FN4O/c1-4-7-16-14-17-10-12(15)13(18-14)19(8-9-20)11(5-2)6-3/h10-11,20H,4-9H2,1-3H3,(H,16,17,18). The van der Waals surface area contributed by atoms with Gasteiger partial charge in [0.1, 0.15) is 0 Å². The van der Waals surface area contributed by atoms with E-state index in [1.54, 1.807) is 0 Å². The number of hydrogen-bond acceptors (Lipinski definition) is 5. The highest BCUT2D eigenvalue weighted by Crippen LogP contribution is 2.22. The molecule has 0 bridgehead atoms. The predicted octanol–water partition coefficient (Wildman–Crippen LogP) is 2.42. The van der Waals surface area contributed by atoms with E-state index >= 15 is 0 Å². The minimum atomic E-state index is -0.451. The van der Waals surface area contributed by atoms with Gasteiger partial charge in [-0.05, 0) is 19.3 Å². The molecule has 0 saturated carbocycles. The number of halogens is 1. The average Bonchev–Trinajstić information content (AvgIpc) is 2.47. The second kappa shape index (κ2) is 8.68. The molecular weight excluding hydrogens is 259 g/mol. The summed E-state index contributed by atoms with van der Waals surface area (Å²) in [5.74, 6) is 0.242. The zero-order valence-corrected chi connectivity index (χ0v) is 12.6. The molecule has 0 fully saturated rings. The lowest BCUT2D eigenvalue weighted by Crippen LogP contribution is -2.38. The molecule has 1 heterocycles. The van der Waals surface area contributed by atoms with Crippen molar-refractivity contribution >= 4 is 11.8 Å². The van der Waals surface area contributed by atoms with Crippen LogP contribution in [0.25, 0.3) is 0 Å². The average molecular weight is 284 g/mol. The minimum Gasteiger partial charge on any atom is -0.395 e. The summed E-state index contributed by atoms with van der Waals surface area (Å²) >= 11 is 0. The first-order valence-electron chi connectivity index (χ1n) is 7.31. The number of hydrogen-bond donors (Lipinski definition) is 2. The van der Waals surface area contributed by atoms with Crippen molar-refractivity contribution in [3.05, 3.63) is 12.0 Å². The Kier molecular flexibility index (Phi) is 7.22. The van der Waals surface area contributed by atoms with Gasteiger partial charge < -0.3 is 15.3 Å². The number of nitrogens with one attached hydrogen (secondary N) is 1. The summed E-state index contributed by atoms with van der Waals surface area (Å²) in [4.78, 5) is 10.0. The predicted molar refractivity (Wildman–Crippen MR) is 79.6 cm³/mol. The molecule has 0 spiro atoms. The summed E-state index contributed by atoms with van der Waals surface area (Å²) in [5, 5.41) is 12.3. The third-order valence-electron chi connectivity index (χ3n) is 3.25. The lowest BCUT2D eigenvalue weighted by molar-refractivity contribution is 0.295. The number of rotatable bonds is 9. The molecule has 0 radical (unpaired) electrons. The summed E-state index contributed by atoms with van der Waals surface area (Å²) < 4.78 is 14.0. The van der Waals surface area contributed by atoms with Crippen molar-refractivity contribution in [2.75, 3.05) is 29.9 Å². The highest BCUT2D eigenvalue weighted by molar-refractivity contribution is 5.45. The molecule has 5 nitrogen and oxygen atoms in total. The first-order valence-corrected chi connectivity index (χ1v) is 7.31. The van der Waals surface area contributed by atoms with E-state index in [-0.39, 0.29) is 18.5 Å². The second-order valence-electron chi connectivity index (χ2n) is 4.68. The van der Waals surface area contributed by atoms with Gasteiger partial charge in [-0.2, -0.15) is 4.98 Å². The quantitative estimate of drug-likeness (QED) is 0.729. The largest absolute Gasteiger partial charge is 0.395 e. The van der Waals surface area contributed by atoms with Crippen LogP contribution < -0.4 is 10.2 Å². The first kappa shape index (κ1) is 16.6. The molecule has 0 atom stereocenters. The monoisotopic (exact) mass is 284 g/mol. The van der Waals surface area contributed by atoms with E-state index in [4.69, 9.17) is 0 Å². The van der Waals surface area contributed by atoms with Crippen LogP contribution in [0.3, 0.4) is 0 Å². The van der Waals surface area contributed by atoms with Gasteiger partial charge in [-0.3, -0.25) is 0 Å². The number of nitrogens with zero attached hydrogens (tertiary/aromatic N) is 3. The second-order valence-corrected chi connectivity index (χ2v) is 4.68. The summed E-state index contributed by atoms with van der Waals surface area (Å²) in [6.45, 7) is 7.22. The molecule has 0 saturated heterocycles. The van der Waals surface area contributed by atoms with Crippen LogP contribution in [0.4, 0.5) is 16.2 Å². The molecule has 6 heteroatoms. The molecule has 114 valence electrons. The molecule has 2 N–H and O–H groups in total. The lowest BCUT2D eigenvalue weighted by Gasteiger charge is -2.31. The Balaban J connectivity index is 3.04. The van der Waals surface area contributed by atoms with Crippen molar-refractivity contribution < 1.29 is 9.50 Å². The van der Waals surface area contributed by atoms with Gasteiger partial charge in [0.2, 0.25) is 5.95 Å². The van der Waals surface area contributed by atoms with E-state index in [2.05, 4.69) is 15.3 Å². The molecule has 1 aromatic rings. The van der Waals surface area contributed by atoms with E-state index in [0.717, 1.165) is 25.8 Å². The van der Waals surface area contributed by atoms with Crippen LogP contribution in [-0.4, -0.2) is 40.8 Å². The Labute approximate surface area is 120 Å². The number of aliphatic hydroxyl groups excluding tert-OH is 1. The van der Waals surface area contributed by atoms with Crippen LogP contribution in [0, 0.1) is 5.82 Å². The summed E-state index contributed by atoms with van der Waals surface area (Å²) in [5.41, 5.74) is 0. The van der Waals surface area contributed by atoms with E-state index in [1.165, 1.54) is 6.20 Å². The zero-order valence-electron chi connectivity index (χ0n) is 12.6. The summed E-state index contributed by atoms with van der Waals surface area (Å²) in [6, 6.07) is 0.158. The molecule has 0 aliphatic carbocycles. The van der Waals surface area contributed by atoms with Gasteiger partial charge in [-0.1, -0.05) is 20.8 Å². The van der Waals surface area contributed by atoms with E-state index in [9.17, 15) is 9.50 Å². The fourth-order valence-corrected chi connectivity index (χ4v) is 2.18. The molecule has 20 heavy (non-hydrogen) atoms. The Morgan fingerprint density at radius 1 is 1.35 bits per heavy atom. The van der Waals surface area contributed by atoms with Crippen LogP contribution in [0.1, 0.15) is 40.0 Å². The van der Waals surface area contributed by atoms with Crippen molar-refractivity contribution in [1.82, 2.24) is 9.97 Å². The highest BCUT2D eigenvalue weighted by Gasteiger charge is 2.20. The van der Waals surface area contributed by atoms with Gasteiger partial charge in [0.05, 0.1) is 12.8 Å². The Bertz CT molecular complexity index is 399. The fraction of sp³-hybridized carbons (Fsp3) is 0.714. The Morgan fingerprint density at radius 3 is 2.60 bits per heavy atom. The van der Waals surface area contributed by atoms with Gasteiger partial charge in [-0.15, -0.1) is 0 Å². The maximum atomic E-state index is 14.0. The van der Waals surface area contributed by atoms with Crippen LogP contribution in [0.5, 0.6) is 0 Å². The summed E-state index contributed by atoms with van der Waals surface area (Å²) in [7, 11) is 0. The Morgan fingerprint density at radius 2 is 2.05 bits per heavy atom. The topological polar surface area (TPSA) is 61.3 Å². The van der Waals surface area contributed by atoms with Crippen LogP contribution >= 0.6 is 0 Å². The van der Waals surface area contributed by atoms with Gasteiger partial charge in [0.15, 0.2) is 11.6 Å². The molecule has 0 aliphatic rings. The van der Waals surface area contributed by atoms with Gasteiger partial charge in [0, 0.05) is 19.1 Å². The van der Waals surface area contributed by atoms with E-state index in [0.29, 0.717) is 12.5 Å². The van der Waals surface area contributed by atoms with Crippen LogP contribution in [0.2, 0.25) is 0 Å². The molecule has 0 unspecified atom stereocenters. The highest BCUT2D eigenvalue weighted by atomic mass is 19.1. The molecule has 0 amide bonds. The van der Waals surface area contributed by atoms with Gasteiger partial charge >= 0.3 is 0 Å². The number of anilines is 2. The maximum Gasteiger partial charge on any atom is 0.224 e. The van der Waals surface area contributed by atoms with E-state index < -0.39 is 5.82 Å². The summed E-state index contributed by atoms with van der Waals surface area (Å²) in [6.07, 6.45) is 3.88. The fourth-order valence-electron chi connectivity index (χ4n) is 2.18. The van der Waals surface area contributed by atoms with Crippen molar-refractivity contribution in [2.24, 2.45) is 0 Å².